The largest absolute Gasteiger partial charge is 0.347 e. The molecule has 10 heteroatoms. The summed E-state index contributed by atoms with van der Waals surface area (Å²) in [6.45, 7) is 2.74. The maximum absolute atomic E-state index is 14.5. The normalized spacial score (nSPS) is 18.9. The summed E-state index contributed by atoms with van der Waals surface area (Å²) in [5.74, 6) is -2.88. The van der Waals surface area contributed by atoms with E-state index in [1.807, 2.05) is 0 Å². The second-order valence-corrected chi connectivity index (χ2v) is 9.48. The number of halogens is 2. The van der Waals surface area contributed by atoms with E-state index in [0.717, 1.165) is 18.2 Å². The van der Waals surface area contributed by atoms with Crippen molar-refractivity contribution in [2.45, 2.75) is 30.4 Å². The first-order valence-electron chi connectivity index (χ1n) is 9.85. The van der Waals surface area contributed by atoms with E-state index in [4.69, 9.17) is 9.47 Å². The summed E-state index contributed by atoms with van der Waals surface area (Å²) in [6, 6.07) is 7.30. The fraction of sp³-hybridized carbons (Fsp3) is 0.381. The minimum absolute atomic E-state index is 0.0584. The van der Waals surface area contributed by atoms with Crippen molar-refractivity contribution in [1.82, 2.24) is 4.31 Å². The molecule has 0 bridgehead atoms. The van der Waals surface area contributed by atoms with Crippen molar-refractivity contribution in [2.24, 2.45) is 0 Å². The van der Waals surface area contributed by atoms with Crippen molar-refractivity contribution in [3.05, 3.63) is 59.2 Å². The van der Waals surface area contributed by atoms with Crippen molar-refractivity contribution in [3.63, 3.8) is 0 Å². The highest BCUT2D eigenvalue weighted by Crippen LogP contribution is 2.34. The van der Waals surface area contributed by atoms with Gasteiger partial charge < -0.3 is 14.8 Å². The molecule has 2 aliphatic rings. The number of nitrogens with zero attached hydrogens (tertiary/aromatic N) is 1. The summed E-state index contributed by atoms with van der Waals surface area (Å²) >= 11 is 0. The van der Waals surface area contributed by atoms with Crippen LogP contribution in [0.2, 0.25) is 0 Å². The van der Waals surface area contributed by atoms with Gasteiger partial charge in [-0.1, -0.05) is 6.07 Å². The third kappa shape index (κ3) is 4.33. The van der Waals surface area contributed by atoms with E-state index in [1.54, 1.807) is 6.92 Å². The van der Waals surface area contributed by atoms with Gasteiger partial charge in [0.05, 0.1) is 13.2 Å². The molecule has 4 rings (SSSR count). The highest BCUT2D eigenvalue weighted by atomic mass is 32.2. The van der Waals surface area contributed by atoms with Gasteiger partial charge >= 0.3 is 0 Å². The Morgan fingerprint density at radius 2 is 1.71 bits per heavy atom. The lowest BCUT2D eigenvalue weighted by Gasteiger charge is -2.36. The molecule has 166 valence electrons. The van der Waals surface area contributed by atoms with Crippen LogP contribution in [0, 0.1) is 18.6 Å². The molecule has 0 saturated carbocycles. The number of rotatable bonds is 4. The summed E-state index contributed by atoms with van der Waals surface area (Å²) in [5.41, 5.74) is 0.571. The number of piperidine rings is 1. The third-order valence-electron chi connectivity index (χ3n) is 5.54. The summed E-state index contributed by atoms with van der Waals surface area (Å²) in [7, 11) is -4.17. The Morgan fingerprint density at radius 1 is 1.03 bits per heavy atom. The molecule has 2 aliphatic heterocycles. The van der Waals surface area contributed by atoms with Crippen LogP contribution in [0.5, 0.6) is 0 Å². The number of hydrogen-bond donors (Lipinski definition) is 1. The zero-order chi connectivity index (χ0) is 22.2. The van der Waals surface area contributed by atoms with Gasteiger partial charge in [-0.2, -0.15) is 4.31 Å². The first-order chi connectivity index (χ1) is 14.7. The quantitative estimate of drug-likeness (QED) is 0.771. The third-order valence-corrected chi connectivity index (χ3v) is 7.45. The van der Waals surface area contributed by atoms with Gasteiger partial charge in [0.15, 0.2) is 5.79 Å². The molecule has 0 aliphatic carbocycles. The Hall–Kier alpha value is -2.40. The maximum Gasteiger partial charge on any atom is 0.255 e. The van der Waals surface area contributed by atoms with E-state index in [-0.39, 0.29) is 24.3 Å². The molecule has 2 saturated heterocycles. The monoisotopic (exact) mass is 452 g/mol. The van der Waals surface area contributed by atoms with Gasteiger partial charge in [0.2, 0.25) is 10.0 Å². The van der Waals surface area contributed by atoms with Crippen LogP contribution in [0.25, 0.3) is 0 Å². The lowest BCUT2D eigenvalue weighted by molar-refractivity contribution is -0.179. The Morgan fingerprint density at radius 3 is 2.35 bits per heavy atom. The fourth-order valence-corrected chi connectivity index (χ4v) is 5.24. The molecular formula is C21H22F2N2O5S. The topological polar surface area (TPSA) is 84.9 Å². The maximum atomic E-state index is 14.5. The standard InChI is InChI=1S/C21H22F2N2O5S/c1-14-2-4-16(13-18(14)23)24-20(26)15-3-5-17(22)19(12-15)31(27,28)25-8-6-21(7-9-25)29-10-11-30-21/h2-5,12-13H,6-11H2,1H3,(H,24,26). The van der Waals surface area contributed by atoms with E-state index in [2.05, 4.69) is 5.32 Å². The number of carbonyl (C=O) groups excluding carboxylic acids is 1. The molecule has 0 aromatic heterocycles. The summed E-state index contributed by atoms with van der Waals surface area (Å²) in [4.78, 5) is 12.0. The molecule has 31 heavy (non-hydrogen) atoms. The molecule has 1 amide bonds. The molecule has 1 spiro atoms. The number of benzene rings is 2. The van der Waals surface area contributed by atoms with Gasteiger partial charge in [0, 0.05) is 37.2 Å². The average Bonchev–Trinajstić information content (AvgIpc) is 3.19. The van der Waals surface area contributed by atoms with Crippen molar-refractivity contribution < 1.29 is 31.5 Å². The second kappa shape index (κ2) is 8.27. The highest BCUT2D eigenvalue weighted by Gasteiger charge is 2.43. The number of anilines is 1. The van der Waals surface area contributed by atoms with Crippen LogP contribution in [0.1, 0.15) is 28.8 Å². The molecule has 2 aromatic rings. The van der Waals surface area contributed by atoms with Crippen LogP contribution in [0.15, 0.2) is 41.3 Å². The van der Waals surface area contributed by atoms with E-state index < -0.39 is 38.2 Å². The number of ether oxygens (including phenoxy) is 2. The molecular weight excluding hydrogens is 430 g/mol. The van der Waals surface area contributed by atoms with Crippen molar-refractivity contribution in [2.75, 3.05) is 31.6 Å². The predicted octanol–water partition coefficient (Wildman–Crippen LogP) is 3.05. The number of nitrogens with one attached hydrogen (secondary N) is 1. The smallest absolute Gasteiger partial charge is 0.255 e. The molecule has 7 nitrogen and oxygen atoms in total. The van der Waals surface area contributed by atoms with Gasteiger partial charge in [-0.25, -0.2) is 17.2 Å². The SMILES string of the molecule is Cc1ccc(NC(=O)c2ccc(F)c(S(=O)(=O)N3CCC4(CC3)OCCO4)c2)cc1F. The summed E-state index contributed by atoms with van der Waals surface area (Å²) in [6.07, 6.45) is 0.681. The molecule has 2 aromatic carbocycles. The van der Waals surface area contributed by atoms with Gasteiger partial charge in [-0.3, -0.25) is 4.79 Å². The first-order valence-corrected chi connectivity index (χ1v) is 11.3. The molecule has 0 unspecified atom stereocenters. The number of carbonyl (C=O) groups is 1. The van der Waals surface area contributed by atoms with E-state index in [9.17, 15) is 22.0 Å². The molecule has 0 radical (unpaired) electrons. The number of hydrogen-bond acceptors (Lipinski definition) is 5. The molecule has 1 N–H and O–H groups in total. The second-order valence-electron chi connectivity index (χ2n) is 7.57. The van der Waals surface area contributed by atoms with Gasteiger partial charge in [-0.15, -0.1) is 0 Å². The molecule has 0 atom stereocenters. The van der Waals surface area contributed by atoms with Crippen LogP contribution in [-0.4, -0.2) is 50.7 Å². The fourth-order valence-electron chi connectivity index (χ4n) is 3.71. The van der Waals surface area contributed by atoms with E-state index >= 15 is 0 Å². The molecule has 2 fully saturated rings. The highest BCUT2D eigenvalue weighted by molar-refractivity contribution is 7.89. The molecule has 2 heterocycles. The average molecular weight is 452 g/mol. The van der Waals surface area contributed by atoms with Gasteiger partial charge in [0.1, 0.15) is 16.5 Å². The summed E-state index contributed by atoms with van der Waals surface area (Å²) < 4.78 is 66.6. The first kappa shape index (κ1) is 21.8. The Bertz CT molecular complexity index is 1110. The van der Waals surface area contributed by atoms with Crippen molar-refractivity contribution in [1.29, 1.82) is 0 Å². The lowest BCUT2D eigenvalue weighted by atomic mass is 10.1. The zero-order valence-electron chi connectivity index (χ0n) is 16.9. The van der Waals surface area contributed by atoms with Crippen LogP contribution < -0.4 is 5.32 Å². The zero-order valence-corrected chi connectivity index (χ0v) is 17.7. The Labute approximate surface area is 179 Å². The predicted molar refractivity (Wildman–Crippen MR) is 108 cm³/mol. The van der Waals surface area contributed by atoms with Crippen LogP contribution in [-0.2, 0) is 19.5 Å². The minimum atomic E-state index is -4.17. The van der Waals surface area contributed by atoms with Crippen molar-refractivity contribution in [3.8, 4) is 0 Å². The Balaban J connectivity index is 1.54. The Kier molecular flexibility index (Phi) is 5.82. The van der Waals surface area contributed by atoms with Crippen molar-refractivity contribution >= 4 is 21.6 Å². The number of amides is 1. The van der Waals surface area contributed by atoms with Crippen LogP contribution >= 0.6 is 0 Å². The van der Waals surface area contributed by atoms with Crippen LogP contribution in [0.4, 0.5) is 14.5 Å². The van der Waals surface area contributed by atoms with E-state index in [0.29, 0.717) is 31.6 Å². The van der Waals surface area contributed by atoms with Gasteiger partial charge in [0.25, 0.3) is 5.91 Å². The lowest BCUT2D eigenvalue weighted by Crippen LogP contribution is -2.47. The summed E-state index contributed by atoms with van der Waals surface area (Å²) in [5, 5.41) is 2.49. The van der Waals surface area contributed by atoms with Gasteiger partial charge in [-0.05, 0) is 42.8 Å². The number of sulfonamides is 1. The van der Waals surface area contributed by atoms with E-state index in [1.165, 1.54) is 22.5 Å². The minimum Gasteiger partial charge on any atom is -0.347 e. The van der Waals surface area contributed by atoms with Crippen LogP contribution in [0.3, 0.4) is 0 Å². The number of aryl methyl sites for hydroxylation is 1.